The number of nitrogens with zero attached hydrogens (tertiary/aromatic N) is 2. The molecule has 1 saturated heterocycles. The standard InChI is InChI=1S/2C15H12N.C2H4.2ClH.Zr/c2*1-11-9-12-5-4-6-13(14(12)10-11)15-7-2-3-8-16-15;1-2;;;/h2*2-10H,1H3;1-2H2;2*1H;/q;;;;;+2/p-2. The number of pyridine rings is 2. The third-order valence-corrected chi connectivity index (χ3v) is 21.9. The molecule has 3 aliphatic rings. The molecule has 0 radical (unpaired) electrons. The van der Waals surface area contributed by atoms with Gasteiger partial charge in [-0.05, 0) is 0 Å². The van der Waals surface area contributed by atoms with Gasteiger partial charge in [-0.1, -0.05) is 0 Å². The second kappa shape index (κ2) is 10.1. The molecule has 2 unspecified atom stereocenters. The largest absolute Gasteiger partial charge is 1.00 e. The van der Waals surface area contributed by atoms with Crippen molar-refractivity contribution in [3.8, 4) is 22.5 Å². The van der Waals surface area contributed by atoms with E-state index in [2.05, 4.69) is 96.6 Å². The molecule has 184 valence electrons. The normalized spacial score (nSPS) is 19.2. The number of allylic oxidation sites excluding steroid dienone is 2. The zero-order valence-corrected chi connectivity index (χ0v) is 24.9. The molecule has 2 aromatic heterocycles. The Balaban J connectivity index is 0.00000140. The van der Waals surface area contributed by atoms with Crippen LogP contribution in [0.15, 0.2) is 96.3 Å². The zero-order chi connectivity index (χ0) is 23.6. The maximum absolute atomic E-state index is 4.68. The summed E-state index contributed by atoms with van der Waals surface area (Å²) in [6.45, 7) is 4.78. The summed E-state index contributed by atoms with van der Waals surface area (Å²) in [6, 6.07) is 26.3. The summed E-state index contributed by atoms with van der Waals surface area (Å²) >= 11 is -2.60. The number of rotatable bonds is 4. The van der Waals surface area contributed by atoms with Crippen LogP contribution in [-0.4, -0.2) is 9.97 Å². The van der Waals surface area contributed by atoms with E-state index in [1.165, 1.54) is 30.5 Å². The Kier molecular flexibility index (Phi) is 7.18. The predicted octanol–water partition coefficient (Wildman–Crippen LogP) is 2.44. The van der Waals surface area contributed by atoms with Gasteiger partial charge in [0.1, 0.15) is 0 Å². The Morgan fingerprint density at radius 3 is 1.43 bits per heavy atom. The number of hydrogen-bond acceptors (Lipinski definition) is 2. The van der Waals surface area contributed by atoms with E-state index in [1.54, 1.807) is 22.3 Å². The van der Waals surface area contributed by atoms with Gasteiger partial charge in [0, 0.05) is 0 Å². The van der Waals surface area contributed by atoms with Gasteiger partial charge in [0.15, 0.2) is 0 Å². The molecule has 2 aliphatic carbocycles. The van der Waals surface area contributed by atoms with E-state index in [9.17, 15) is 0 Å². The average Bonchev–Trinajstić information content (AvgIpc) is 3.47. The molecule has 37 heavy (non-hydrogen) atoms. The summed E-state index contributed by atoms with van der Waals surface area (Å²) in [4.78, 5) is 9.37. The minimum absolute atomic E-state index is 0. The molecule has 2 nitrogen and oxygen atoms in total. The molecule has 4 aromatic rings. The van der Waals surface area contributed by atoms with Gasteiger partial charge < -0.3 is 24.8 Å². The van der Waals surface area contributed by atoms with Crippen molar-refractivity contribution in [1.82, 2.24) is 9.97 Å². The van der Waals surface area contributed by atoms with Gasteiger partial charge in [-0.15, -0.1) is 0 Å². The fourth-order valence-corrected chi connectivity index (χ4v) is 24.7. The number of fused-ring (bicyclic) bond motifs is 2. The van der Waals surface area contributed by atoms with Crippen LogP contribution in [0.5, 0.6) is 0 Å². The summed E-state index contributed by atoms with van der Waals surface area (Å²) in [5.74, 6) is 0. The smallest absolute Gasteiger partial charge is 1.00 e. The number of benzene rings is 2. The summed E-state index contributed by atoms with van der Waals surface area (Å²) in [7, 11) is 0. The maximum Gasteiger partial charge on any atom is -1.00 e. The molecular weight excluding hydrogens is 574 g/mol. The molecular formula is C32H28Cl2N2Zr. The third kappa shape index (κ3) is 4.11. The number of hydrogen-bond donors (Lipinski definition) is 0. The van der Waals surface area contributed by atoms with E-state index in [0.29, 0.717) is 7.25 Å². The van der Waals surface area contributed by atoms with Gasteiger partial charge in [-0.25, -0.2) is 0 Å². The van der Waals surface area contributed by atoms with E-state index in [1.807, 2.05) is 24.5 Å². The average molecular weight is 603 g/mol. The maximum atomic E-state index is 4.68. The first kappa shape index (κ1) is 26.3. The first-order valence-electron chi connectivity index (χ1n) is 12.6. The minimum atomic E-state index is -2.60. The van der Waals surface area contributed by atoms with Gasteiger partial charge in [0.2, 0.25) is 0 Å². The van der Waals surface area contributed by atoms with Crippen molar-refractivity contribution in [3.05, 3.63) is 119 Å². The van der Waals surface area contributed by atoms with Crippen LogP contribution in [0.3, 0.4) is 0 Å². The van der Waals surface area contributed by atoms with Crippen LogP contribution in [0.1, 0.15) is 43.4 Å². The van der Waals surface area contributed by atoms with Crippen LogP contribution < -0.4 is 24.8 Å². The quantitative estimate of drug-likeness (QED) is 0.359. The molecule has 0 amide bonds. The number of aromatic nitrogens is 2. The Bertz CT molecular complexity index is 1410. The molecule has 3 heterocycles. The van der Waals surface area contributed by atoms with Crippen molar-refractivity contribution in [2.24, 2.45) is 0 Å². The van der Waals surface area contributed by atoms with Crippen LogP contribution in [0.25, 0.3) is 34.7 Å². The Labute approximate surface area is 236 Å². The number of halogens is 2. The molecule has 0 N–H and O–H groups in total. The van der Waals surface area contributed by atoms with Crippen molar-refractivity contribution in [1.29, 1.82) is 0 Å². The van der Waals surface area contributed by atoms with Crippen molar-refractivity contribution >= 4 is 12.2 Å². The van der Waals surface area contributed by atoms with Crippen molar-refractivity contribution in [2.45, 2.75) is 29.4 Å². The Morgan fingerprint density at radius 1 is 0.595 bits per heavy atom. The van der Waals surface area contributed by atoms with Crippen LogP contribution in [0.4, 0.5) is 0 Å². The van der Waals surface area contributed by atoms with Crippen LogP contribution in [0.2, 0.25) is 8.26 Å². The van der Waals surface area contributed by atoms with Crippen LogP contribution in [-0.2, 0) is 20.3 Å². The Hall–Kier alpha value is -2.32. The van der Waals surface area contributed by atoms with Crippen LogP contribution >= 0.6 is 0 Å². The van der Waals surface area contributed by atoms with Crippen LogP contribution in [0, 0.1) is 0 Å². The van der Waals surface area contributed by atoms with Gasteiger partial charge in [0.25, 0.3) is 0 Å². The first-order valence-corrected chi connectivity index (χ1v) is 18.9. The summed E-state index contributed by atoms with van der Waals surface area (Å²) < 4.78 is 4.25. The summed E-state index contributed by atoms with van der Waals surface area (Å²) in [5, 5.41) is 0. The van der Waals surface area contributed by atoms with E-state index in [-0.39, 0.29) is 24.8 Å². The predicted molar refractivity (Wildman–Crippen MR) is 142 cm³/mol. The molecule has 1 fully saturated rings. The van der Waals surface area contributed by atoms with Crippen molar-refractivity contribution in [2.75, 3.05) is 0 Å². The second-order valence-corrected chi connectivity index (χ2v) is 21.8. The second-order valence-electron chi connectivity index (χ2n) is 10.4. The van der Waals surface area contributed by atoms with Gasteiger partial charge in [0.05, 0.1) is 0 Å². The van der Waals surface area contributed by atoms with E-state index in [4.69, 9.17) is 0 Å². The minimum Gasteiger partial charge on any atom is -1.00 e. The topological polar surface area (TPSA) is 25.8 Å². The molecule has 5 heteroatoms. The fraction of sp³-hybridized carbons (Fsp3) is 0.188. The molecule has 2 aromatic carbocycles. The SMILES string of the molecule is CC1=Cc2c(-c3ccccn3)cccc2[CH]1[Zr+2]1([CH]2C(C)=Cc3c(-c4ccccn4)cccc32)[CH2][CH2]1.[Cl-].[Cl-]. The molecule has 1 aliphatic heterocycles. The van der Waals surface area contributed by atoms with Gasteiger partial charge in [-0.2, -0.15) is 0 Å². The fourth-order valence-electron chi connectivity index (χ4n) is 7.01. The van der Waals surface area contributed by atoms with Crippen molar-refractivity contribution in [3.63, 3.8) is 0 Å². The van der Waals surface area contributed by atoms with Gasteiger partial charge in [-0.3, -0.25) is 0 Å². The summed E-state index contributed by atoms with van der Waals surface area (Å²) in [5.41, 5.74) is 13.9. The molecule has 7 rings (SSSR count). The first-order chi connectivity index (χ1) is 17.2. The van der Waals surface area contributed by atoms with E-state index in [0.717, 1.165) is 11.4 Å². The molecule has 2 atom stereocenters. The zero-order valence-electron chi connectivity index (χ0n) is 21.0. The molecule has 0 bridgehead atoms. The molecule has 0 saturated carbocycles. The molecule has 0 spiro atoms. The monoisotopic (exact) mass is 600 g/mol. The van der Waals surface area contributed by atoms with Gasteiger partial charge >= 0.3 is 213 Å². The third-order valence-electron chi connectivity index (χ3n) is 8.42. The van der Waals surface area contributed by atoms with E-state index >= 15 is 0 Å². The summed E-state index contributed by atoms with van der Waals surface area (Å²) in [6.07, 6.45) is 8.78. The van der Waals surface area contributed by atoms with E-state index < -0.39 is 20.3 Å². The Morgan fingerprint density at radius 2 is 1.05 bits per heavy atom. The van der Waals surface area contributed by atoms with Crippen molar-refractivity contribution < 1.29 is 45.1 Å².